The lowest BCUT2D eigenvalue weighted by Crippen LogP contribution is -2.33. The highest BCUT2D eigenvalue weighted by Gasteiger charge is 2.06. The summed E-state index contributed by atoms with van der Waals surface area (Å²) in [7, 11) is 1.66. The van der Waals surface area contributed by atoms with Gasteiger partial charge in [0.15, 0.2) is 0 Å². The maximum absolute atomic E-state index is 12.0. The van der Waals surface area contributed by atoms with E-state index in [1.165, 1.54) is 0 Å². The molecular weight excluding hydrogens is 292 g/mol. The SMILES string of the molecule is COCCNCCNC(=O)c1ccc2nccnc2c1.Cl. The first-order chi connectivity index (χ1) is 9.81. The molecule has 0 saturated heterocycles. The van der Waals surface area contributed by atoms with Gasteiger partial charge >= 0.3 is 0 Å². The molecule has 0 bridgehead atoms. The van der Waals surface area contributed by atoms with Crippen molar-refractivity contribution in [3.8, 4) is 0 Å². The number of halogens is 1. The van der Waals surface area contributed by atoms with Crippen LogP contribution in [0.5, 0.6) is 0 Å². The van der Waals surface area contributed by atoms with Crippen molar-refractivity contribution < 1.29 is 9.53 Å². The van der Waals surface area contributed by atoms with Crippen LogP contribution in [-0.4, -0.2) is 49.2 Å². The molecule has 0 atom stereocenters. The fourth-order valence-electron chi connectivity index (χ4n) is 1.77. The van der Waals surface area contributed by atoms with Crippen LogP contribution in [0.4, 0.5) is 0 Å². The van der Waals surface area contributed by atoms with Gasteiger partial charge in [0.2, 0.25) is 0 Å². The second-order valence-electron chi connectivity index (χ2n) is 4.26. The standard InChI is InChI=1S/C14H18N4O2.ClH/c1-20-9-8-15-4-5-18-14(19)11-2-3-12-13(10-11)17-7-6-16-12;/h2-3,6-7,10,15H,4-5,8-9H2,1H3,(H,18,19);1H. The molecule has 0 radical (unpaired) electrons. The maximum Gasteiger partial charge on any atom is 0.251 e. The van der Waals surface area contributed by atoms with E-state index in [4.69, 9.17) is 4.74 Å². The second-order valence-corrected chi connectivity index (χ2v) is 4.26. The lowest BCUT2D eigenvalue weighted by atomic mass is 10.2. The van der Waals surface area contributed by atoms with Crippen LogP contribution in [0.15, 0.2) is 30.6 Å². The van der Waals surface area contributed by atoms with Gasteiger partial charge in [0.25, 0.3) is 5.91 Å². The molecule has 6 nitrogen and oxygen atoms in total. The number of nitrogens with zero attached hydrogens (tertiary/aromatic N) is 2. The van der Waals surface area contributed by atoms with Gasteiger partial charge in [-0.15, -0.1) is 12.4 Å². The van der Waals surface area contributed by atoms with Crippen molar-refractivity contribution in [2.45, 2.75) is 0 Å². The number of hydrogen-bond donors (Lipinski definition) is 2. The minimum Gasteiger partial charge on any atom is -0.383 e. The summed E-state index contributed by atoms with van der Waals surface area (Å²) in [6.45, 7) is 2.72. The lowest BCUT2D eigenvalue weighted by Gasteiger charge is -2.07. The Hall–Kier alpha value is -1.76. The highest BCUT2D eigenvalue weighted by Crippen LogP contribution is 2.10. The number of aromatic nitrogens is 2. The van der Waals surface area contributed by atoms with Gasteiger partial charge < -0.3 is 15.4 Å². The summed E-state index contributed by atoms with van der Waals surface area (Å²) in [5, 5.41) is 6.01. The number of nitrogens with one attached hydrogen (secondary N) is 2. The summed E-state index contributed by atoms with van der Waals surface area (Å²) < 4.78 is 4.92. The Balaban J connectivity index is 0.00000220. The van der Waals surface area contributed by atoms with Crippen molar-refractivity contribution in [2.75, 3.05) is 33.4 Å². The van der Waals surface area contributed by atoms with E-state index in [0.717, 1.165) is 17.6 Å². The summed E-state index contributed by atoms with van der Waals surface area (Å²) in [5.41, 5.74) is 2.10. The Kier molecular flexibility index (Phi) is 7.60. The first-order valence-electron chi connectivity index (χ1n) is 6.50. The molecule has 21 heavy (non-hydrogen) atoms. The molecule has 0 aliphatic rings. The predicted molar refractivity (Wildman–Crippen MR) is 83.9 cm³/mol. The minimum atomic E-state index is -0.105. The second kappa shape index (κ2) is 9.23. The molecule has 1 aromatic heterocycles. The third-order valence-electron chi connectivity index (χ3n) is 2.80. The van der Waals surface area contributed by atoms with Gasteiger partial charge in [-0.05, 0) is 18.2 Å². The average molecular weight is 311 g/mol. The van der Waals surface area contributed by atoms with E-state index in [1.807, 2.05) is 0 Å². The van der Waals surface area contributed by atoms with Gasteiger partial charge in [0.1, 0.15) is 0 Å². The van der Waals surface area contributed by atoms with Crippen molar-refractivity contribution in [1.82, 2.24) is 20.6 Å². The molecule has 1 aromatic carbocycles. The van der Waals surface area contributed by atoms with Gasteiger partial charge in [-0.1, -0.05) is 0 Å². The molecule has 1 heterocycles. The van der Waals surface area contributed by atoms with Gasteiger partial charge in [0.05, 0.1) is 17.6 Å². The van der Waals surface area contributed by atoms with Gasteiger partial charge in [0, 0.05) is 44.7 Å². The zero-order chi connectivity index (χ0) is 14.2. The number of carbonyl (C=O) groups is 1. The Morgan fingerprint density at radius 2 is 1.90 bits per heavy atom. The highest BCUT2D eigenvalue weighted by atomic mass is 35.5. The topological polar surface area (TPSA) is 76.1 Å². The fraction of sp³-hybridized carbons (Fsp3) is 0.357. The van der Waals surface area contributed by atoms with Gasteiger partial charge in [-0.25, -0.2) is 0 Å². The largest absolute Gasteiger partial charge is 0.383 e. The molecule has 2 aromatic rings. The maximum atomic E-state index is 12.0. The van der Waals surface area contributed by atoms with Crippen LogP contribution in [0.2, 0.25) is 0 Å². The van der Waals surface area contributed by atoms with E-state index in [0.29, 0.717) is 25.3 Å². The van der Waals surface area contributed by atoms with Crippen LogP contribution in [-0.2, 0) is 4.74 Å². The van der Waals surface area contributed by atoms with Crippen molar-refractivity contribution in [2.24, 2.45) is 0 Å². The van der Waals surface area contributed by atoms with E-state index in [-0.39, 0.29) is 18.3 Å². The highest BCUT2D eigenvalue weighted by molar-refractivity contribution is 5.97. The number of amides is 1. The summed E-state index contributed by atoms with van der Waals surface area (Å²) in [6.07, 6.45) is 3.25. The summed E-state index contributed by atoms with van der Waals surface area (Å²) in [4.78, 5) is 20.3. The zero-order valence-electron chi connectivity index (χ0n) is 11.8. The molecule has 0 fully saturated rings. The lowest BCUT2D eigenvalue weighted by molar-refractivity contribution is 0.0954. The Bertz CT molecular complexity index is 580. The van der Waals surface area contributed by atoms with Crippen LogP contribution >= 0.6 is 12.4 Å². The van der Waals surface area contributed by atoms with Crippen LogP contribution in [0.25, 0.3) is 11.0 Å². The molecule has 0 saturated carbocycles. The monoisotopic (exact) mass is 310 g/mol. The predicted octanol–water partition coefficient (Wildman–Crippen LogP) is 1.02. The molecule has 0 aliphatic carbocycles. The average Bonchev–Trinajstić information content (AvgIpc) is 2.50. The van der Waals surface area contributed by atoms with Crippen molar-refractivity contribution in [3.63, 3.8) is 0 Å². The van der Waals surface area contributed by atoms with Crippen molar-refractivity contribution in [1.29, 1.82) is 0 Å². The quantitative estimate of drug-likeness (QED) is 0.747. The smallest absolute Gasteiger partial charge is 0.251 e. The number of rotatable bonds is 7. The normalized spacial score (nSPS) is 10.1. The van der Waals surface area contributed by atoms with Crippen LogP contribution in [0.3, 0.4) is 0 Å². The van der Waals surface area contributed by atoms with E-state index in [9.17, 15) is 4.79 Å². The van der Waals surface area contributed by atoms with Crippen LogP contribution in [0.1, 0.15) is 10.4 Å². The van der Waals surface area contributed by atoms with Crippen LogP contribution < -0.4 is 10.6 Å². The molecule has 114 valence electrons. The minimum absolute atomic E-state index is 0. The zero-order valence-corrected chi connectivity index (χ0v) is 12.7. The number of methoxy groups -OCH3 is 1. The van der Waals surface area contributed by atoms with Crippen molar-refractivity contribution >= 4 is 29.3 Å². The number of hydrogen-bond acceptors (Lipinski definition) is 5. The summed E-state index contributed by atoms with van der Waals surface area (Å²) >= 11 is 0. The molecule has 2 rings (SSSR count). The number of ether oxygens (including phenoxy) is 1. The van der Waals surface area contributed by atoms with E-state index >= 15 is 0 Å². The Labute approximate surface area is 129 Å². The fourth-order valence-corrected chi connectivity index (χ4v) is 1.77. The van der Waals surface area contributed by atoms with Crippen LogP contribution in [0, 0.1) is 0 Å². The first kappa shape index (κ1) is 17.3. The number of benzene rings is 1. The van der Waals surface area contributed by atoms with E-state index < -0.39 is 0 Å². The molecule has 0 aliphatic heterocycles. The van der Waals surface area contributed by atoms with Crippen molar-refractivity contribution in [3.05, 3.63) is 36.2 Å². The molecule has 7 heteroatoms. The molecular formula is C14H19ClN4O2. The third kappa shape index (κ3) is 5.26. The first-order valence-corrected chi connectivity index (χ1v) is 6.50. The van der Waals surface area contributed by atoms with E-state index in [2.05, 4.69) is 20.6 Å². The molecule has 0 unspecified atom stereocenters. The third-order valence-corrected chi connectivity index (χ3v) is 2.80. The van der Waals surface area contributed by atoms with Gasteiger partial charge in [-0.3, -0.25) is 14.8 Å². The summed E-state index contributed by atoms with van der Waals surface area (Å²) in [6, 6.07) is 5.30. The molecule has 2 N–H and O–H groups in total. The van der Waals surface area contributed by atoms with Gasteiger partial charge in [-0.2, -0.15) is 0 Å². The summed E-state index contributed by atoms with van der Waals surface area (Å²) in [5.74, 6) is -0.105. The molecule has 0 spiro atoms. The van der Waals surface area contributed by atoms with E-state index in [1.54, 1.807) is 37.7 Å². The number of carbonyl (C=O) groups excluding carboxylic acids is 1. The molecule has 1 amide bonds. The Morgan fingerprint density at radius 1 is 1.14 bits per heavy atom. The number of fused-ring (bicyclic) bond motifs is 1. The Morgan fingerprint density at radius 3 is 2.67 bits per heavy atom.